The highest BCUT2D eigenvalue weighted by atomic mass is 16.1. The van der Waals surface area contributed by atoms with Crippen LogP contribution in [0.1, 0.15) is 50.9 Å². The summed E-state index contributed by atoms with van der Waals surface area (Å²) in [5.41, 5.74) is 4.76. The number of hydrogen-bond acceptors (Lipinski definition) is 4. The molecule has 41 heavy (non-hydrogen) atoms. The first-order valence-corrected chi connectivity index (χ1v) is 14.0. The van der Waals surface area contributed by atoms with Crippen LogP contribution in [-0.4, -0.2) is 34.5 Å². The molecule has 1 heterocycles. The lowest BCUT2D eigenvalue weighted by Gasteiger charge is -2.26. The Morgan fingerprint density at radius 1 is 0.878 bits per heavy atom. The average Bonchev–Trinajstić information content (AvgIpc) is 3.02. The van der Waals surface area contributed by atoms with Crippen LogP contribution in [0.15, 0.2) is 109 Å². The Morgan fingerprint density at radius 2 is 1.54 bits per heavy atom. The van der Waals surface area contributed by atoms with Crippen molar-refractivity contribution in [3.63, 3.8) is 0 Å². The first kappa shape index (κ1) is 32.6. The molecule has 0 saturated carbocycles. The predicted octanol–water partition coefficient (Wildman–Crippen LogP) is 7.59. The third-order valence-corrected chi connectivity index (χ3v) is 6.37. The molecule has 0 aliphatic heterocycles. The summed E-state index contributed by atoms with van der Waals surface area (Å²) in [7, 11) is 0. The van der Waals surface area contributed by atoms with Gasteiger partial charge in [0.1, 0.15) is 11.7 Å². The molecule has 0 aliphatic carbocycles. The van der Waals surface area contributed by atoms with Crippen molar-refractivity contribution in [3.05, 3.63) is 126 Å². The van der Waals surface area contributed by atoms with Crippen LogP contribution in [0, 0.1) is 10.8 Å². The number of fused-ring (bicyclic) bond motifs is 1. The first-order valence-electron chi connectivity index (χ1n) is 14.0. The van der Waals surface area contributed by atoms with Crippen molar-refractivity contribution in [3.8, 4) is 0 Å². The number of amidine groups is 2. The summed E-state index contributed by atoms with van der Waals surface area (Å²) in [6.07, 6.45) is 6.77. The van der Waals surface area contributed by atoms with Crippen LogP contribution < -0.4 is 5.32 Å². The van der Waals surface area contributed by atoms with Crippen LogP contribution in [0.25, 0.3) is 10.8 Å². The van der Waals surface area contributed by atoms with E-state index in [1.54, 1.807) is 4.90 Å². The van der Waals surface area contributed by atoms with Crippen molar-refractivity contribution in [2.45, 2.75) is 53.5 Å². The van der Waals surface area contributed by atoms with Crippen molar-refractivity contribution in [1.29, 1.82) is 10.8 Å². The van der Waals surface area contributed by atoms with Gasteiger partial charge < -0.3 is 10.2 Å². The second-order valence-electron chi connectivity index (χ2n) is 9.64. The summed E-state index contributed by atoms with van der Waals surface area (Å²) < 4.78 is 0. The summed E-state index contributed by atoms with van der Waals surface area (Å²) in [6.45, 7) is 8.83. The zero-order chi connectivity index (χ0) is 29.9. The minimum atomic E-state index is 0.0992. The fourth-order valence-corrected chi connectivity index (χ4v) is 3.84. The zero-order valence-corrected chi connectivity index (χ0v) is 24.7. The number of rotatable bonds is 9. The molecule has 6 heteroatoms. The van der Waals surface area contributed by atoms with Crippen LogP contribution in [0.2, 0.25) is 0 Å². The van der Waals surface area contributed by atoms with Gasteiger partial charge in [-0.25, -0.2) is 0 Å². The largest absolute Gasteiger partial charge is 0.351 e. The number of nitrogens with one attached hydrogen (secondary N) is 3. The van der Waals surface area contributed by atoms with E-state index in [2.05, 4.69) is 55.3 Å². The van der Waals surface area contributed by atoms with E-state index in [-0.39, 0.29) is 12.4 Å². The molecule has 3 aromatic carbocycles. The van der Waals surface area contributed by atoms with Gasteiger partial charge in [0, 0.05) is 18.3 Å². The topological polar surface area (TPSA) is 92.9 Å². The van der Waals surface area contributed by atoms with Crippen molar-refractivity contribution < 1.29 is 4.79 Å². The molecule has 1 amide bonds. The quantitative estimate of drug-likeness (QED) is 0.0869. The van der Waals surface area contributed by atoms with E-state index in [1.165, 1.54) is 5.57 Å². The zero-order valence-electron chi connectivity index (χ0n) is 24.7. The number of carbonyl (C=O) groups excluding carboxylic acids is 1. The number of amides is 1. The fourth-order valence-electron chi connectivity index (χ4n) is 3.84. The number of benzene rings is 3. The molecule has 0 spiro atoms. The number of allylic oxidation sites excluding steroid dienone is 2. The molecule has 4 rings (SSSR count). The van der Waals surface area contributed by atoms with Gasteiger partial charge in [0.25, 0.3) is 0 Å². The van der Waals surface area contributed by atoms with Crippen LogP contribution in [0.5, 0.6) is 0 Å². The molecule has 0 fully saturated rings. The summed E-state index contributed by atoms with van der Waals surface area (Å²) in [5.74, 6) is 0.576. The summed E-state index contributed by atoms with van der Waals surface area (Å²) in [5, 5.41) is 21.8. The number of aryl methyl sites for hydroxylation is 2. The molecular weight excluding hydrogens is 506 g/mol. The second kappa shape index (κ2) is 18.7. The summed E-state index contributed by atoms with van der Waals surface area (Å²) >= 11 is 0. The molecular formula is C35H43N5O. The Labute approximate surface area is 245 Å². The maximum absolute atomic E-state index is 10.7. The Balaban J connectivity index is 0.000000373. The van der Waals surface area contributed by atoms with Gasteiger partial charge in [-0.1, -0.05) is 97.4 Å². The molecule has 0 saturated heterocycles. The molecule has 0 unspecified atom stereocenters. The van der Waals surface area contributed by atoms with Gasteiger partial charge in [-0.2, -0.15) is 0 Å². The van der Waals surface area contributed by atoms with Gasteiger partial charge in [0.15, 0.2) is 0 Å². The van der Waals surface area contributed by atoms with E-state index in [0.29, 0.717) is 25.2 Å². The average molecular weight is 550 g/mol. The lowest BCUT2D eigenvalue weighted by atomic mass is 10.0. The summed E-state index contributed by atoms with van der Waals surface area (Å²) in [6, 6.07) is 30.2. The van der Waals surface area contributed by atoms with E-state index in [9.17, 15) is 4.79 Å². The number of nitrogens with zero attached hydrogens (tertiary/aromatic N) is 2. The van der Waals surface area contributed by atoms with Crippen LogP contribution in [0.3, 0.4) is 0 Å². The monoisotopic (exact) mass is 549 g/mol. The van der Waals surface area contributed by atoms with Gasteiger partial charge in [-0.15, -0.1) is 0 Å². The van der Waals surface area contributed by atoms with Crippen molar-refractivity contribution in [2.24, 2.45) is 0 Å². The normalized spacial score (nSPS) is 9.76. The minimum absolute atomic E-state index is 0.0992. The standard InChI is InChI=1S/C23H24N4O.C7H9N.C5H10/c24-22(14-13-18-7-2-1-3-8-18)27(23(25)15-26-17-28)16-20-11-6-10-19-9-4-5-12-21(19)20;1-2-7-5-3-4-6-8-7;1-4-5(2)3/h1-12,17,24-25H,13-16H2,(H,26,28);3-6H,2H2,1H3;4H,1-3H3. The van der Waals surface area contributed by atoms with E-state index in [0.717, 1.165) is 40.4 Å². The SMILES string of the molecule is CC=C(C)C.CCc1ccccn1.N=C(CCc1ccccc1)N(Cc1cccc2ccccc12)C(=N)CNC=O. The maximum atomic E-state index is 10.7. The van der Waals surface area contributed by atoms with Crippen LogP contribution in [-0.2, 0) is 24.2 Å². The van der Waals surface area contributed by atoms with E-state index < -0.39 is 0 Å². The van der Waals surface area contributed by atoms with E-state index in [4.69, 9.17) is 10.8 Å². The molecule has 1 aromatic heterocycles. The first-order chi connectivity index (χ1) is 19.9. The summed E-state index contributed by atoms with van der Waals surface area (Å²) in [4.78, 5) is 16.4. The lowest BCUT2D eigenvalue weighted by molar-refractivity contribution is -0.109. The van der Waals surface area contributed by atoms with E-state index >= 15 is 0 Å². The van der Waals surface area contributed by atoms with Gasteiger partial charge in [0.2, 0.25) is 6.41 Å². The number of hydrogen-bond donors (Lipinski definition) is 3. The Morgan fingerprint density at radius 3 is 2.15 bits per heavy atom. The van der Waals surface area contributed by atoms with Crippen molar-refractivity contribution in [1.82, 2.24) is 15.2 Å². The molecule has 6 nitrogen and oxygen atoms in total. The van der Waals surface area contributed by atoms with Gasteiger partial charge in [-0.05, 0) is 67.6 Å². The fraction of sp³-hybridized carbons (Fsp3) is 0.257. The van der Waals surface area contributed by atoms with Crippen LogP contribution in [0.4, 0.5) is 0 Å². The molecule has 3 N–H and O–H groups in total. The van der Waals surface area contributed by atoms with Crippen LogP contribution >= 0.6 is 0 Å². The highest BCUT2D eigenvalue weighted by Gasteiger charge is 2.17. The number of carbonyl (C=O) groups is 1. The third-order valence-electron chi connectivity index (χ3n) is 6.37. The third kappa shape index (κ3) is 12.0. The Bertz CT molecular complexity index is 1370. The molecule has 4 aromatic rings. The highest BCUT2D eigenvalue weighted by molar-refractivity contribution is 6.00. The van der Waals surface area contributed by atoms with Gasteiger partial charge >= 0.3 is 0 Å². The van der Waals surface area contributed by atoms with Gasteiger partial charge in [-0.3, -0.25) is 20.6 Å². The number of aromatic nitrogens is 1. The number of pyridine rings is 1. The molecule has 214 valence electrons. The smallest absolute Gasteiger partial charge is 0.207 e. The minimum Gasteiger partial charge on any atom is -0.351 e. The molecule has 0 bridgehead atoms. The molecule has 0 atom stereocenters. The van der Waals surface area contributed by atoms with E-state index in [1.807, 2.05) is 85.9 Å². The predicted molar refractivity (Wildman–Crippen MR) is 172 cm³/mol. The Kier molecular flexibility index (Phi) is 14.9. The second-order valence-corrected chi connectivity index (χ2v) is 9.64. The van der Waals surface area contributed by atoms with Crippen molar-refractivity contribution >= 4 is 28.9 Å². The van der Waals surface area contributed by atoms with Crippen molar-refractivity contribution in [2.75, 3.05) is 6.54 Å². The highest BCUT2D eigenvalue weighted by Crippen LogP contribution is 2.21. The lowest BCUT2D eigenvalue weighted by Crippen LogP contribution is -2.41. The molecule has 0 aliphatic rings. The van der Waals surface area contributed by atoms with Gasteiger partial charge in [0.05, 0.1) is 13.1 Å². The Hall–Kier alpha value is -4.58. The molecule has 0 radical (unpaired) electrons. The maximum Gasteiger partial charge on any atom is 0.207 e.